The lowest BCUT2D eigenvalue weighted by Gasteiger charge is -2.28. The second kappa shape index (κ2) is 9.86. The first kappa shape index (κ1) is 22.7. The number of hydrogen-bond acceptors (Lipinski definition) is 6. The Hall–Kier alpha value is -3.02. The Kier molecular flexibility index (Phi) is 7.21. The van der Waals surface area contributed by atoms with E-state index in [-0.39, 0.29) is 46.5 Å². The van der Waals surface area contributed by atoms with Gasteiger partial charge >= 0.3 is 5.97 Å². The van der Waals surface area contributed by atoms with Crippen LogP contribution in [0.3, 0.4) is 0 Å². The second-order valence-electron chi connectivity index (χ2n) is 8.09. The number of fused-ring (bicyclic) bond motifs is 1. The first-order valence-electron chi connectivity index (χ1n) is 10.9. The van der Waals surface area contributed by atoms with Gasteiger partial charge in [-0.2, -0.15) is 0 Å². The number of unbranched alkanes of at least 4 members (excludes halogenated alkanes) is 4. The molecule has 0 fully saturated rings. The second-order valence-corrected chi connectivity index (χ2v) is 8.09. The molecule has 0 aromatic heterocycles. The molecule has 0 amide bonds. The summed E-state index contributed by atoms with van der Waals surface area (Å²) in [7, 11) is 0. The minimum atomic E-state index is -0.552. The maximum atomic E-state index is 12.7. The van der Waals surface area contributed by atoms with Gasteiger partial charge in [0.1, 0.15) is 34.7 Å². The number of ketones is 1. The van der Waals surface area contributed by atoms with Crippen LogP contribution in [0.15, 0.2) is 24.3 Å². The molecular weight excluding hydrogens is 396 g/mol. The molecule has 0 bridgehead atoms. The molecule has 0 saturated heterocycles. The number of carbonyl (C=O) groups is 2. The van der Waals surface area contributed by atoms with E-state index >= 15 is 0 Å². The van der Waals surface area contributed by atoms with Crippen LogP contribution in [0.1, 0.15) is 85.0 Å². The number of phenols is 2. The summed E-state index contributed by atoms with van der Waals surface area (Å²) in [5.41, 5.74) is 1.56. The zero-order chi connectivity index (χ0) is 22.5. The number of phenolic OH excluding ortho intramolecular Hbond substituents is 2. The maximum Gasteiger partial charge on any atom is 0.311 e. The molecule has 3 rings (SSSR count). The first-order chi connectivity index (χ1) is 14.8. The first-order valence-corrected chi connectivity index (χ1v) is 10.9. The molecule has 0 spiro atoms. The van der Waals surface area contributed by atoms with Gasteiger partial charge < -0.3 is 19.7 Å². The molecule has 1 aliphatic rings. The van der Waals surface area contributed by atoms with Gasteiger partial charge in [0.05, 0.1) is 6.42 Å². The molecule has 1 heterocycles. The van der Waals surface area contributed by atoms with Gasteiger partial charge in [-0.1, -0.05) is 44.7 Å². The SMILES string of the molecule is CCCCCCCC(=O)Oc1ccc([C@@H]2CC(=O)c3c(O)c(C)c(O)c(C)c3O2)cc1. The summed E-state index contributed by atoms with van der Waals surface area (Å²) in [6.07, 6.45) is 5.26. The zero-order valence-corrected chi connectivity index (χ0v) is 18.4. The van der Waals surface area contributed by atoms with Gasteiger partial charge in [-0.15, -0.1) is 0 Å². The molecular formula is C25H30O6. The van der Waals surface area contributed by atoms with Crippen molar-refractivity contribution in [1.29, 1.82) is 0 Å². The van der Waals surface area contributed by atoms with E-state index in [1.165, 1.54) is 12.8 Å². The van der Waals surface area contributed by atoms with Crippen LogP contribution in [0, 0.1) is 13.8 Å². The van der Waals surface area contributed by atoms with Gasteiger partial charge in [0.25, 0.3) is 0 Å². The maximum absolute atomic E-state index is 12.7. The normalized spacial score (nSPS) is 15.3. The molecule has 6 heteroatoms. The smallest absolute Gasteiger partial charge is 0.311 e. The molecule has 0 aliphatic carbocycles. The van der Waals surface area contributed by atoms with Crippen molar-refractivity contribution in [3.8, 4) is 23.0 Å². The molecule has 2 aromatic rings. The van der Waals surface area contributed by atoms with Crippen molar-refractivity contribution in [2.45, 2.75) is 71.8 Å². The number of benzene rings is 2. The highest BCUT2D eigenvalue weighted by atomic mass is 16.5. The van der Waals surface area contributed by atoms with Gasteiger partial charge in [0, 0.05) is 17.5 Å². The Balaban J connectivity index is 1.66. The average Bonchev–Trinajstić information content (AvgIpc) is 2.76. The topological polar surface area (TPSA) is 93.1 Å². The lowest BCUT2D eigenvalue weighted by Crippen LogP contribution is -2.21. The Morgan fingerprint density at radius 1 is 1.03 bits per heavy atom. The van der Waals surface area contributed by atoms with Crippen LogP contribution in [0.4, 0.5) is 0 Å². The van der Waals surface area contributed by atoms with Crippen molar-refractivity contribution in [1.82, 2.24) is 0 Å². The summed E-state index contributed by atoms with van der Waals surface area (Å²) in [6, 6.07) is 6.89. The fraction of sp³-hybridized carbons (Fsp3) is 0.440. The van der Waals surface area contributed by atoms with Crippen LogP contribution in [-0.2, 0) is 4.79 Å². The summed E-state index contributed by atoms with van der Waals surface area (Å²) < 4.78 is 11.4. The van der Waals surface area contributed by atoms with Gasteiger partial charge in [0.2, 0.25) is 0 Å². The number of rotatable bonds is 8. The van der Waals surface area contributed by atoms with E-state index in [1.807, 2.05) is 0 Å². The van der Waals surface area contributed by atoms with E-state index in [1.54, 1.807) is 38.1 Å². The fourth-order valence-electron chi connectivity index (χ4n) is 3.84. The molecule has 2 N–H and O–H groups in total. The Bertz CT molecular complexity index is 961. The monoisotopic (exact) mass is 426 g/mol. The van der Waals surface area contributed by atoms with E-state index in [4.69, 9.17) is 9.47 Å². The van der Waals surface area contributed by atoms with Crippen molar-refractivity contribution >= 4 is 11.8 Å². The third kappa shape index (κ3) is 5.01. The largest absolute Gasteiger partial charge is 0.507 e. The molecule has 2 aromatic carbocycles. The number of esters is 1. The van der Waals surface area contributed by atoms with Crippen molar-refractivity contribution in [3.63, 3.8) is 0 Å². The molecule has 0 unspecified atom stereocenters. The lowest BCUT2D eigenvalue weighted by molar-refractivity contribution is -0.134. The summed E-state index contributed by atoms with van der Waals surface area (Å²) in [5.74, 6) is -0.153. The van der Waals surface area contributed by atoms with Crippen LogP contribution in [-0.4, -0.2) is 22.0 Å². The predicted molar refractivity (Wildman–Crippen MR) is 117 cm³/mol. The summed E-state index contributed by atoms with van der Waals surface area (Å²) in [5, 5.41) is 20.5. The minimum Gasteiger partial charge on any atom is -0.507 e. The molecule has 1 atom stereocenters. The third-order valence-corrected chi connectivity index (χ3v) is 5.75. The Labute approximate surface area is 182 Å². The van der Waals surface area contributed by atoms with Gasteiger partial charge in [-0.25, -0.2) is 0 Å². The molecule has 31 heavy (non-hydrogen) atoms. The number of aromatic hydroxyl groups is 2. The van der Waals surface area contributed by atoms with Gasteiger partial charge in [0.15, 0.2) is 5.78 Å². The van der Waals surface area contributed by atoms with Crippen molar-refractivity contribution in [2.75, 3.05) is 0 Å². The van der Waals surface area contributed by atoms with Crippen molar-refractivity contribution < 1.29 is 29.3 Å². The van der Waals surface area contributed by atoms with E-state index < -0.39 is 6.10 Å². The van der Waals surface area contributed by atoms with Gasteiger partial charge in [-0.3, -0.25) is 9.59 Å². The highest BCUT2D eigenvalue weighted by Crippen LogP contribution is 2.47. The summed E-state index contributed by atoms with van der Waals surface area (Å²) in [6.45, 7) is 5.37. The van der Waals surface area contributed by atoms with Gasteiger partial charge in [-0.05, 0) is 38.0 Å². The summed E-state index contributed by atoms with van der Waals surface area (Å²) in [4.78, 5) is 24.7. The molecule has 0 radical (unpaired) electrons. The van der Waals surface area contributed by atoms with Crippen LogP contribution in [0.2, 0.25) is 0 Å². The molecule has 166 valence electrons. The van der Waals surface area contributed by atoms with Crippen LogP contribution in [0.5, 0.6) is 23.0 Å². The van der Waals surface area contributed by atoms with Crippen LogP contribution < -0.4 is 9.47 Å². The zero-order valence-electron chi connectivity index (χ0n) is 18.4. The van der Waals surface area contributed by atoms with Crippen LogP contribution in [0.25, 0.3) is 0 Å². The third-order valence-electron chi connectivity index (χ3n) is 5.75. The van der Waals surface area contributed by atoms with E-state index in [0.717, 1.165) is 24.8 Å². The fourth-order valence-corrected chi connectivity index (χ4v) is 3.84. The lowest BCUT2D eigenvalue weighted by atomic mass is 9.92. The van der Waals surface area contributed by atoms with Crippen molar-refractivity contribution in [2.24, 2.45) is 0 Å². The molecule has 1 aliphatic heterocycles. The van der Waals surface area contributed by atoms with E-state index in [9.17, 15) is 19.8 Å². The molecule has 0 saturated carbocycles. The van der Waals surface area contributed by atoms with E-state index in [2.05, 4.69) is 6.92 Å². The quantitative estimate of drug-likeness (QED) is 0.320. The number of Topliss-reactive ketones (excluding diaryl/α,β-unsaturated/α-hetero) is 1. The Morgan fingerprint density at radius 3 is 2.39 bits per heavy atom. The summed E-state index contributed by atoms with van der Waals surface area (Å²) >= 11 is 0. The van der Waals surface area contributed by atoms with E-state index in [0.29, 0.717) is 17.7 Å². The highest BCUT2D eigenvalue weighted by molar-refractivity contribution is 6.03. The van der Waals surface area contributed by atoms with Crippen LogP contribution >= 0.6 is 0 Å². The predicted octanol–water partition coefficient (Wildman–Crippen LogP) is 5.69. The number of hydrogen-bond donors (Lipinski definition) is 2. The number of carbonyl (C=O) groups excluding carboxylic acids is 2. The number of ether oxygens (including phenoxy) is 2. The Morgan fingerprint density at radius 2 is 1.71 bits per heavy atom. The highest BCUT2D eigenvalue weighted by Gasteiger charge is 2.34. The van der Waals surface area contributed by atoms with Crippen molar-refractivity contribution in [3.05, 3.63) is 46.5 Å². The average molecular weight is 427 g/mol. The standard InChI is InChI=1S/C25H30O6/c1-4-5-6-7-8-9-21(27)30-18-12-10-17(11-13-18)20-14-19(26)22-24(29)15(2)23(28)16(3)25(22)31-20/h10-13,20,28-29H,4-9,14H2,1-3H3/t20-/m0/s1. The molecule has 6 nitrogen and oxygen atoms in total. The minimum absolute atomic E-state index is 0.0705.